The van der Waals surface area contributed by atoms with Crippen LogP contribution in [0.4, 0.5) is 4.39 Å². The highest BCUT2D eigenvalue weighted by atomic mass is 19.1. The summed E-state index contributed by atoms with van der Waals surface area (Å²) in [5, 5.41) is 10.3. The zero-order valence-electron chi connectivity index (χ0n) is 21.7. The minimum absolute atomic E-state index is 0.0505. The number of nitrogens with zero attached hydrogens (tertiary/aromatic N) is 3. The SMILES string of the molecule is CCC1=CC(CN2CC/C=C3\C(=O)N(C)C(CC)N3C(=O)/C(O)=C/C2=O)CC=C1F.CCCCC. The lowest BCUT2D eigenvalue weighted by atomic mass is 9.93. The Hall–Kier alpha value is -2.90. The van der Waals surface area contributed by atoms with Gasteiger partial charge < -0.3 is 14.9 Å². The number of hydrogen-bond donors (Lipinski definition) is 1. The van der Waals surface area contributed by atoms with Crippen molar-refractivity contribution in [3.05, 3.63) is 47.2 Å². The van der Waals surface area contributed by atoms with Gasteiger partial charge in [-0.3, -0.25) is 19.3 Å². The average molecular weight is 490 g/mol. The number of aliphatic hydroxyl groups excluding tert-OH is 1. The number of carbonyl (C=O) groups excluding carboxylic acids is 3. The third-order valence-corrected chi connectivity index (χ3v) is 6.54. The van der Waals surface area contributed by atoms with Crippen molar-refractivity contribution in [3.8, 4) is 0 Å². The molecule has 1 aliphatic carbocycles. The standard InChI is InChI=1S/C22H28FN3O4.C5H12/c1-4-15-11-14(8-9-16(15)23)13-25-10-6-7-17-21(29)24(3)19(5-2)26(17)22(30)18(27)12-20(25)28;1-3-5-4-2/h7,9,11-12,14,19,27H,4-6,8,10,13H2,1-3H3;3-5H2,1-2H3/b17-7+,18-12-;. The van der Waals surface area contributed by atoms with Crippen LogP contribution >= 0.6 is 0 Å². The van der Waals surface area contributed by atoms with Gasteiger partial charge in [-0.2, -0.15) is 0 Å². The average Bonchev–Trinajstić information content (AvgIpc) is 3.08. The van der Waals surface area contributed by atoms with E-state index in [1.54, 1.807) is 13.1 Å². The molecule has 8 heteroatoms. The first kappa shape index (κ1) is 28.3. The van der Waals surface area contributed by atoms with Crippen LogP contribution < -0.4 is 0 Å². The predicted molar refractivity (Wildman–Crippen MR) is 135 cm³/mol. The van der Waals surface area contributed by atoms with Crippen molar-refractivity contribution in [1.29, 1.82) is 0 Å². The number of halogens is 1. The first-order chi connectivity index (χ1) is 16.7. The number of unbranched alkanes of at least 4 members (excludes halogenated alkanes) is 2. The number of rotatable bonds is 6. The fraction of sp³-hybridized carbons (Fsp3) is 0.593. The van der Waals surface area contributed by atoms with Gasteiger partial charge in [0.25, 0.3) is 17.7 Å². The van der Waals surface area contributed by atoms with Crippen molar-refractivity contribution in [1.82, 2.24) is 14.7 Å². The Balaban J connectivity index is 0.000000784. The Labute approximate surface area is 208 Å². The molecule has 2 aliphatic heterocycles. The predicted octanol–water partition coefficient (Wildman–Crippen LogP) is 4.99. The molecule has 35 heavy (non-hydrogen) atoms. The van der Waals surface area contributed by atoms with E-state index in [2.05, 4.69) is 13.8 Å². The smallest absolute Gasteiger partial charge is 0.295 e. The number of fused-ring (bicyclic) bond motifs is 1. The number of likely N-dealkylation sites (N-methyl/N-ethyl adjacent to an activating group) is 1. The first-order valence-electron chi connectivity index (χ1n) is 12.8. The van der Waals surface area contributed by atoms with Crippen LogP contribution in [-0.2, 0) is 14.4 Å². The molecule has 1 saturated heterocycles. The second-order valence-electron chi connectivity index (χ2n) is 9.12. The second kappa shape index (κ2) is 13.3. The molecule has 0 spiro atoms. The summed E-state index contributed by atoms with van der Waals surface area (Å²) in [6.45, 7) is 8.80. The molecule has 1 N–H and O–H groups in total. The molecule has 3 rings (SSSR count). The molecule has 0 radical (unpaired) electrons. The molecule has 2 unspecified atom stereocenters. The van der Waals surface area contributed by atoms with Crippen molar-refractivity contribution in [2.24, 2.45) is 5.92 Å². The van der Waals surface area contributed by atoms with E-state index in [0.29, 0.717) is 44.3 Å². The normalized spacial score (nSPS) is 26.1. The van der Waals surface area contributed by atoms with Gasteiger partial charge in [-0.05, 0) is 43.3 Å². The quantitative estimate of drug-likeness (QED) is 0.570. The Bertz CT molecular complexity index is 919. The highest BCUT2D eigenvalue weighted by Gasteiger charge is 2.43. The Morgan fingerprint density at radius 1 is 1.06 bits per heavy atom. The van der Waals surface area contributed by atoms with Gasteiger partial charge in [0.05, 0.1) is 6.08 Å². The molecular formula is C27H40FN3O4. The van der Waals surface area contributed by atoms with Crippen molar-refractivity contribution in [2.45, 2.75) is 78.8 Å². The van der Waals surface area contributed by atoms with Crippen LogP contribution in [0.25, 0.3) is 0 Å². The number of allylic oxidation sites excluding steroid dienone is 3. The zero-order valence-corrected chi connectivity index (χ0v) is 21.7. The number of carbonyl (C=O) groups is 3. The van der Waals surface area contributed by atoms with Crippen molar-refractivity contribution < 1.29 is 23.9 Å². The van der Waals surface area contributed by atoms with E-state index in [4.69, 9.17) is 0 Å². The summed E-state index contributed by atoms with van der Waals surface area (Å²) in [7, 11) is 1.61. The maximum Gasteiger partial charge on any atom is 0.295 e. The van der Waals surface area contributed by atoms with Crippen LogP contribution in [0.3, 0.4) is 0 Å². The van der Waals surface area contributed by atoms with E-state index >= 15 is 0 Å². The highest BCUT2D eigenvalue weighted by molar-refractivity contribution is 6.06. The van der Waals surface area contributed by atoms with Crippen molar-refractivity contribution >= 4 is 17.7 Å². The number of aliphatic hydroxyl groups is 1. The van der Waals surface area contributed by atoms with E-state index in [9.17, 15) is 23.9 Å². The van der Waals surface area contributed by atoms with Crippen molar-refractivity contribution in [2.75, 3.05) is 20.1 Å². The Morgan fingerprint density at radius 2 is 1.74 bits per heavy atom. The molecule has 2 atom stereocenters. The van der Waals surface area contributed by atoms with Gasteiger partial charge in [0.2, 0.25) is 0 Å². The van der Waals surface area contributed by atoms with Gasteiger partial charge in [0.1, 0.15) is 17.7 Å². The molecule has 0 aromatic rings. The van der Waals surface area contributed by atoms with E-state index < -0.39 is 23.7 Å². The van der Waals surface area contributed by atoms with Crippen LogP contribution in [0.2, 0.25) is 0 Å². The van der Waals surface area contributed by atoms with Gasteiger partial charge in [0.15, 0.2) is 5.76 Å². The number of amides is 3. The van der Waals surface area contributed by atoms with Crippen LogP contribution in [0.15, 0.2) is 47.2 Å². The van der Waals surface area contributed by atoms with Gasteiger partial charge in [-0.15, -0.1) is 0 Å². The largest absolute Gasteiger partial charge is 0.503 e. The summed E-state index contributed by atoms with van der Waals surface area (Å²) in [4.78, 5) is 42.5. The molecule has 1 fully saturated rings. The Morgan fingerprint density at radius 3 is 2.31 bits per heavy atom. The molecule has 3 aliphatic rings. The lowest BCUT2D eigenvalue weighted by Crippen LogP contribution is -2.41. The van der Waals surface area contributed by atoms with E-state index in [1.165, 1.54) is 40.0 Å². The van der Waals surface area contributed by atoms with Gasteiger partial charge in [-0.1, -0.05) is 59.1 Å². The van der Waals surface area contributed by atoms with Crippen molar-refractivity contribution in [3.63, 3.8) is 0 Å². The second-order valence-corrected chi connectivity index (χ2v) is 9.12. The van der Waals surface area contributed by atoms with Crippen LogP contribution in [-0.4, -0.2) is 63.8 Å². The molecule has 0 bridgehead atoms. The summed E-state index contributed by atoms with van der Waals surface area (Å²) >= 11 is 0. The summed E-state index contributed by atoms with van der Waals surface area (Å²) in [5.74, 6) is -2.50. The van der Waals surface area contributed by atoms with E-state index in [1.807, 2.05) is 19.9 Å². The number of hydrogen-bond acceptors (Lipinski definition) is 4. The maximum atomic E-state index is 13.8. The van der Waals surface area contributed by atoms with Gasteiger partial charge >= 0.3 is 0 Å². The van der Waals surface area contributed by atoms with Crippen LogP contribution in [0.1, 0.15) is 72.6 Å². The van der Waals surface area contributed by atoms with E-state index in [0.717, 1.165) is 6.08 Å². The minimum atomic E-state index is -0.767. The fourth-order valence-electron chi connectivity index (χ4n) is 4.55. The van der Waals surface area contributed by atoms with Gasteiger partial charge in [-0.25, -0.2) is 4.39 Å². The monoisotopic (exact) mass is 489 g/mol. The molecule has 3 amide bonds. The van der Waals surface area contributed by atoms with Crippen LogP contribution in [0, 0.1) is 5.92 Å². The zero-order chi connectivity index (χ0) is 26.1. The molecule has 0 saturated carbocycles. The Kier molecular flexibility index (Phi) is 10.7. The third-order valence-electron chi connectivity index (χ3n) is 6.54. The molecule has 0 aromatic carbocycles. The fourth-order valence-corrected chi connectivity index (χ4v) is 4.55. The molecule has 0 aromatic heterocycles. The highest BCUT2D eigenvalue weighted by Crippen LogP contribution is 2.29. The lowest BCUT2D eigenvalue weighted by Gasteiger charge is -2.29. The summed E-state index contributed by atoms with van der Waals surface area (Å²) in [5.41, 5.74) is 0.843. The summed E-state index contributed by atoms with van der Waals surface area (Å²) in [6, 6.07) is 0. The molecule has 194 valence electrons. The minimum Gasteiger partial charge on any atom is -0.503 e. The van der Waals surface area contributed by atoms with Gasteiger partial charge in [0, 0.05) is 20.1 Å². The van der Waals surface area contributed by atoms with Crippen LogP contribution in [0.5, 0.6) is 0 Å². The topological polar surface area (TPSA) is 81.2 Å². The molecule has 2 heterocycles. The first-order valence-corrected chi connectivity index (χ1v) is 12.8. The summed E-state index contributed by atoms with van der Waals surface area (Å²) < 4.78 is 13.8. The summed E-state index contributed by atoms with van der Waals surface area (Å²) in [6.07, 6.45) is 11.5. The lowest BCUT2D eigenvalue weighted by molar-refractivity contribution is -0.132. The molecular weight excluding hydrogens is 449 g/mol. The third kappa shape index (κ3) is 6.83. The van der Waals surface area contributed by atoms with E-state index in [-0.39, 0.29) is 23.3 Å². The maximum absolute atomic E-state index is 13.8. The molecule has 7 nitrogen and oxygen atoms in total.